The first-order chi connectivity index (χ1) is 9.92. The Bertz CT molecular complexity index is 344. The molecule has 21 heavy (non-hydrogen) atoms. The molecule has 0 bridgehead atoms. The first-order valence-electron chi connectivity index (χ1n) is 7.31. The SMILES string of the molecule is CSCCC(NC(=O)CCN1CC(C)OC(C)C1)C(=O)O. The van der Waals surface area contributed by atoms with Crippen molar-refractivity contribution >= 4 is 23.6 Å². The van der Waals surface area contributed by atoms with Crippen LogP contribution in [0.2, 0.25) is 0 Å². The lowest BCUT2D eigenvalue weighted by Gasteiger charge is -2.35. The molecule has 3 atom stereocenters. The average Bonchev–Trinajstić information content (AvgIpc) is 2.39. The van der Waals surface area contributed by atoms with Crippen LogP contribution in [0.15, 0.2) is 0 Å². The number of carbonyl (C=O) groups is 2. The zero-order valence-electron chi connectivity index (χ0n) is 13.0. The van der Waals surface area contributed by atoms with Crippen molar-refractivity contribution in [2.45, 2.75) is 44.9 Å². The summed E-state index contributed by atoms with van der Waals surface area (Å²) in [7, 11) is 0. The molecule has 0 aliphatic carbocycles. The third-order valence-electron chi connectivity index (χ3n) is 3.39. The van der Waals surface area contributed by atoms with Gasteiger partial charge in [0.2, 0.25) is 5.91 Å². The zero-order valence-corrected chi connectivity index (χ0v) is 13.8. The molecule has 0 spiro atoms. The monoisotopic (exact) mass is 318 g/mol. The second kappa shape index (κ2) is 9.27. The summed E-state index contributed by atoms with van der Waals surface area (Å²) in [4.78, 5) is 25.2. The minimum atomic E-state index is -0.967. The highest BCUT2D eigenvalue weighted by molar-refractivity contribution is 7.98. The van der Waals surface area contributed by atoms with Crippen molar-refractivity contribution in [1.29, 1.82) is 0 Å². The van der Waals surface area contributed by atoms with Gasteiger partial charge in [-0.3, -0.25) is 9.69 Å². The van der Waals surface area contributed by atoms with Gasteiger partial charge in [0.25, 0.3) is 0 Å². The van der Waals surface area contributed by atoms with E-state index in [4.69, 9.17) is 9.84 Å². The van der Waals surface area contributed by atoms with Crippen molar-refractivity contribution in [2.75, 3.05) is 31.6 Å². The molecule has 6 nitrogen and oxygen atoms in total. The molecule has 0 radical (unpaired) electrons. The van der Waals surface area contributed by atoms with Gasteiger partial charge in [-0.05, 0) is 32.3 Å². The number of hydrogen-bond donors (Lipinski definition) is 2. The van der Waals surface area contributed by atoms with Crippen LogP contribution in [0.3, 0.4) is 0 Å². The number of carbonyl (C=O) groups excluding carboxylic acids is 1. The molecule has 1 aliphatic rings. The van der Waals surface area contributed by atoms with E-state index in [1.54, 1.807) is 11.8 Å². The summed E-state index contributed by atoms with van der Waals surface area (Å²) in [6.07, 6.45) is 3.04. The number of hydrogen-bond acceptors (Lipinski definition) is 5. The smallest absolute Gasteiger partial charge is 0.326 e. The van der Waals surface area contributed by atoms with Crippen molar-refractivity contribution in [1.82, 2.24) is 10.2 Å². The summed E-state index contributed by atoms with van der Waals surface area (Å²) in [5.74, 6) is -0.447. The fourth-order valence-corrected chi connectivity index (χ4v) is 2.96. The molecular formula is C14H26N2O4S. The maximum atomic E-state index is 11.9. The number of amides is 1. The van der Waals surface area contributed by atoms with Gasteiger partial charge in [-0.1, -0.05) is 0 Å². The number of ether oxygens (including phenoxy) is 1. The topological polar surface area (TPSA) is 78.9 Å². The van der Waals surface area contributed by atoms with Crippen LogP contribution in [-0.2, 0) is 14.3 Å². The van der Waals surface area contributed by atoms with Gasteiger partial charge in [-0.15, -0.1) is 0 Å². The highest BCUT2D eigenvalue weighted by Crippen LogP contribution is 2.10. The van der Waals surface area contributed by atoms with E-state index in [1.165, 1.54) is 0 Å². The number of rotatable bonds is 8. The first-order valence-corrected chi connectivity index (χ1v) is 8.70. The third kappa shape index (κ3) is 7.15. The lowest BCUT2D eigenvalue weighted by Crippen LogP contribution is -2.47. The normalized spacial score (nSPS) is 24.5. The van der Waals surface area contributed by atoms with E-state index in [-0.39, 0.29) is 18.1 Å². The molecule has 2 N–H and O–H groups in total. The Hall–Kier alpha value is -0.790. The molecule has 3 unspecified atom stereocenters. The minimum absolute atomic E-state index is 0.171. The fourth-order valence-electron chi connectivity index (χ4n) is 2.49. The summed E-state index contributed by atoms with van der Waals surface area (Å²) in [6, 6.07) is -0.785. The highest BCUT2D eigenvalue weighted by atomic mass is 32.2. The van der Waals surface area contributed by atoms with Gasteiger partial charge in [0.05, 0.1) is 12.2 Å². The Morgan fingerprint density at radius 1 is 1.38 bits per heavy atom. The van der Waals surface area contributed by atoms with Crippen LogP contribution in [-0.4, -0.2) is 71.8 Å². The number of nitrogens with one attached hydrogen (secondary N) is 1. The number of thioether (sulfide) groups is 1. The lowest BCUT2D eigenvalue weighted by atomic mass is 10.2. The van der Waals surface area contributed by atoms with Crippen LogP contribution < -0.4 is 5.32 Å². The van der Waals surface area contributed by atoms with E-state index in [1.807, 2.05) is 20.1 Å². The maximum Gasteiger partial charge on any atom is 0.326 e. The number of carboxylic acids is 1. The van der Waals surface area contributed by atoms with Gasteiger partial charge in [0.1, 0.15) is 6.04 Å². The summed E-state index contributed by atoms with van der Waals surface area (Å²) in [5, 5.41) is 11.7. The van der Waals surface area contributed by atoms with E-state index < -0.39 is 12.0 Å². The largest absolute Gasteiger partial charge is 0.480 e. The molecule has 1 heterocycles. The van der Waals surface area contributed by atoms with Crippen LogP contribution in [0.4, 0.5) is 0 Å². The van der Waals surface area contributed by atoms with Gasteiger partial charge in [0, 0.05) is 26.1 Å². The summed E-state index contributed by atoms with van der Waals surface area (Å²) in [5.41, 5.74) is 0. The molecule has 0 aromatic rings. The number of morpholine rings is 1. The Kier molecular flexibility index (Phi) is 8.06. The van der Waals surface area contributed by atoms with Gasteiger partial charge in [0.15, 0.2) is 0 Å². The molecule has 0 aromatic carbocycles. The molecule has 1 fully saturated rings. The van der Waals surface area contributed by atoms with Gasteiger partial charge in [-0.25, -0.2) is 4.79 Å². The third-order valence-corrected chi connectivity index (χ3v) is 4.04. The second-order valence-corrected chi connectivity index (χ2v) is 6.49. The Labute approximate surface area is 130 Å². The standard InChI is InChI=1S/C14H26N2O4S/c1-10-8-16(9-11(2)20-10)6-4-13(17)15-12(14(18)19)5-7-21-3/h10-12H,4-9H2,1-3H3,(H,15,17)(H,18,19). The quantitative estimate of drug-likeness (QED) is 0.689. The molecule has 0 aromatic heterocycles. The summed E-state index contributed by atoms with van der Waals surface area (Å²) < 4.78 is 5.64. The maximum absolute atomic E-state index is 11.9. The predicted molar refractivity (Wildman–Crippen MR) is 83.6 cm³/mol. The Balaban J connectivity index is 2.33. The van der Waals surface area contributed by atoms with E-state index in [2.05, 4.69) is 10.2 Å². The molecule has 7 heteroatoms. The van der Waals surface area contributed by atoms with Crippen LogP contribution in [0.1, 0.15) is 26.7 Å². The Morgan fingerprint density at radius 3 is 2.52 bits per heavy atom. The van der Waals surface area contributed by atoms with Crippen LogP contribution in [0.5, 0.6) is 0 Å². The molecule has 1 aliphatic heterocycles. The first kappa shape index (κ1) is 18.3. The van der Waals surface area contributed by atoms with Gasteiger partial charge >= 0.3 is 5.97 Å². The molecule has 1 amide bonds. The average molecular weight is 318 g/mol. The van der Waals surface area contributed by atoms with Gasteiger partial charge < -0.3 is 15.2 Å². The number of nitrogens with zero attached hydrogens (tertiary/aromatic N) is 1. The van der Waals surface area contributed by atoms with E-state index in [9.17, 15) is 9.59 Å². The lowest BCUT2D eigenvalue weighted by molar-refractivity contribution is -0.142. The van der Waals surface area contributed by atoms with Crippen molar-refractivity contribution in [3.8, 4) is 0 Å². The molecule has 0 saturated carbocycles. The van der Waals surface area contributed by atoms with Crippen molar-refractivity contribution in [2.24, 2.45) is 0 Å². The van der Waals surface area contributed by atoms with E-state index in [0.29, 0.717) is 19.4 Å². The van der Waals surface area contributed by atoms with Crippen LogP contribution >= 0.6 is 11.8 Å². The Morgan fingerprint density at radius 2 is 2.00 bits per heavy atom. The molecular weight excluding hydrogens is 292 g/mol. The molecule has 122 valence electrons. The summed E-state index contributed by atoms with van der Waals surface area (Å²) in [6.45, 7) is 6.30. The van der Waals surface area contributed by atoms with Crippen LogP contribution in [0.25, 0.3) is 0 Å². The molecule has 1 saturated heterocycles. The number of carboxylic acid groups (broad SMARTS) is 1. The summed E-state index contributed by atoms with van der Waals surface area (Å²) >= 11 is 1.57. The minimum Gasteiger partial charge on any atom is -0.480 e. The number of aliphatic carboxylic acids is 1. The zero-order chi connectivity index (χ0) is 15.8. The van der Waals surface area contributed by atoms with Crippen molar-refractivity contribution < 1.29 is 19.4 Å². The predicted octanol–water partition coefficient (Wildman–Crippen LogP) is 0.808. The second-order valence-electron chi connectivity index (χ2n) is 5.51. The van der Waals surface area contributed by atoms with Crippen LogP contribution in [0, 0.1) is 0 Å². The fraction of sp³-hybridized carbons (Fsp3) is 0.857. The van der Waals surface area contributed by atoms with E-state index >= 15 is 0 Å². The van der Waals surface area contributed by atoms with Gasteiger partial charge in [-0.2, -0.15) is 11.8 Å². The van der Waals surface area contributed by atoms with E-state index in [0.717, 1.165) is 18.8 Å². The van der Waals surface area contributed by atoms with Crippen molar-refractivity contribution in [3.63, 3.8) is 0 Å². The highest BCUT2D eigenvalue weighted by Gasteiger charge is 2.23. The molecule has 1 rings (SSSR count). The van der Waals surface area contributed by atoms with Crippen molar-refractivity contribution in [3.05, 3.63) is 0 Å².